The highest BCUT2D eigenvalue weighted by molar-refractivity contribution is 5.95. The highest BCUT2D eigenvalue weighted by atomic mass is 16.5. The molecule has 2 fully saturated rings. The fourth-order valence-electron chi connectivity index (χ4n) is 3.24. The van der Waals surface area contributed by atoms with Crippen molar-refractivity contribution in [1.29, 1.82) is 0 Å². The van der Waals surface area contributed by atoms with Gasteiger partial charge in [-0.2, -0.15) is 5.10 Å². The van der Waals surface area contributed by atoms with Gasteiger partial charge in [0.15, 0.2) is 0 Å². The minimum Gasteiger partial charge on any atom is -0.481 e. The Bertz CT molecular complexity index is 617. The average Bonchev–Trinajstić information content (AvgIpc) is 3.34. The molecule has 1 aromatic rings. The Morgan fingerprint density at radius 1 is 1.38 bits per heavy atom. The zero-order valence-electron chi connectivity index (χ0n) is 14.3. The van der Waals surface area contributed by atoms with Crippen molar-refractivity contribution in [2.75, 3.05) is 19.8 Å². The first-order valence-corrected chi connectivity index (χ1v) is 8.64. The van der Waals surface area contributed by atoms with Gasteiger partial charge in [-0.3, -0.25) is 14.3 Å². The average molecular weight is 335 g/mol. The molecule has 132 valence electrons. The van der Waals surface area contributed by atoms with E-state index in [2.05, 4.69) is 5.10 Å². The summed E-state index contributed by atoms with van der Waals surface area (Å²) in [6.07, 6.45) is 5.33. The van der Waals surface area contributed by atoms with E-state index in [0.29, 0.717) is 5.56 Å². The van der Waals surface area contributed by atoms with Crippen molar-refractivity contribution in [3.8, 4) is 0 Å². The number of amides is 1. The molecular formula is C17H25N3O4. The molecule has 0 radical (unpaired) electrons. The monoisotopic (exact) mass is 335 g/mol. The van der Waals surface area contributed by atoms with Gasteiger partial charge in [0.2, 0.25) is 0 Å². The summed E-state index contributed by atoms with van der Waals surface area (Å²) >= 11 is 0. The summed E-state index contributed by atoms with van der Waals surface area (Å²) in [6, 6.07) is 0.442. The lowest BCUT2D eigenvalue weighted by molar-refractivity contribution is -0.141. The first-order chi connectivity index (χ1) is 11.5. The number of carbonyl (C=O) groups excluding carboxylic acids is 1. The Labute approximate surface area is 141 Å². The molecule has 1 N–H and O–H groups in total. The van der Waals surface area contributed by atoms with Crippen molar-refractivity contribution in [3.05, 3.63) is 17.5 Å². The summed E-state index contributed by atoms with van der Waals surface area (Å²) < 4.78 is 7.32. The van der Waals surface area contributed by atoms with E-state index in [-0.39, 0.29) is 24.5 Å². The van der Waals surface area contributed by atoms with Crippen LogP contribution in [0.1, 0.15) is 54.7 Å². The summed E-state index contributed by atoms with van der Waals surface area (Å²) in [5, 5.41) is 13.6. The van der Waals surface area contributed by atoms with Gasteiger partial charge in [-0.15, -0.1) is 0 Å². The van der Waals surface area contributed by atoms with Crippen LogP contribution in [0.5, 0.6) is 0 Å². The number of rotatable bonds is 6. The van der Waals surface area contributed by atoms with Crippen molar-refractivity contribution in [1.82, 2.24) is 14.7 Å². The molecule has 2 aliphatic rings. The van der Waals surface area contributed by atoms with Crippen LogP contribution in [0.2, 0.25) is 0 Å². The molecule has 2 heterocycles. The first kappa shape index (κ1) is 17.0. The second-order valence-corrected chi connectivity index (χ2v) is 6.86. The second kappa shape index (κ2) is 6.93. The van der Waals surface area contributed by atoms with Crippen LogP contribution in [0.3, 0.4) is 0 Å². The lowest BCUT2D eigenvalue weighted by atomic mass is 10.1. The zero-order valence-corrected chi connectivity index (χ0v) is 14.3. The maximum atomic E-state index is 13.0. The van der Waals surface area contributed by atoms with Crippen molar-refractivity contribution in [2.45, 2.75) is 51.6 Å². The number of carboxylic acid groups (broad SMARTS) is 1. The van der Waals surface area contributed by atoms with Crippen molar-refractivity contribution < 1.29 is 19.4 Å². The largest absolute Gasteiger partial charge is 0.481 e. The Kier molecular flexibility index (Phi) is 4.89. The number of aliphatic carboxylic acids is 1. The fourth-order valence-corrected chi connectivity index (χ4v) is 3.24. The summed E-state index contributed by atoms with van der Waals surface area (Å²) in [7, 11) is 0. The van der Waals surface area contributed by atoms with Crippen LogP contribution in [0.4, 0.5) is 0 Å². The predicted octanol–water partition coefficient (Wildman–Crippen LogP) is 1.87. The van der Waals surface area contributed by atoms with Gasteiger partial charge in [-0.05, 0) is 32.6 Å². The van der Waals surface area contributed by atoms with Crippen molar-refractivity contribution >= 4 is 11.9 Å². The van der Waals surface area contributed by atoms with Gasteiger partial charge >= 0.3 is 5.97 Å². The lowest BCUT2D eigenvalue weighted by Gasteiger charge is -2.25. The van der Waals surface area contributed by atoms with E-state index in [1.807, 2.05) is 11.6 Å². The molecule has 0 spiro atoms. The Balaban J connectivity index is 1.77. The lowest BCUT2D eigenvalue weighted by Crippen LogP contribution is -2.38. The van der Waals surface area contributed by atoms with Crippen LogP contribution >= 0.6 is 0 Å². The number of carbonyl (C=O) groups is 2. The molecule has 7 heteroatoms. The summed E-state index contributed by atoms with van der Waals surface area (Å²) in [4.78, 5) is 25.8. The van der Waals surface area contributed by atoms with E-state index in [0.717, 1.165) is 44.6 Å². The van der Waals surface area contributed by atoms with Gasteiger partial charge in [-0.1, -0.05) is 6.92 Å². The molecular weight excluding hydrogens is 310 g/mol. The van der Waals surface area contributed by atoms with Gasteiger partial charge in [0.25, 0.3) is 5.91 Å². The van der Waals surface area contributed by atoms with Gasteiger partial charge in [-0.25, -0.2) is 0 Å². The Morgan fingerprint density at radius 2 is 2.04 bits per heavy atom. The summed E-state index contributed by atoms with van der Waals surface area (Å²) in [5.41, 5.74) is 1.45. The van der Waals surface area contributed by atoms with E-state index in [1.165, 1.54) is 0 Å². The van der Waals surface area contributed by atoms with Crippen LogP contribution in [0, 0.1) is 12.8 Å². The topological polar surface area (TPSA) is 84.7 Å². The molecule has 1 aliphatic heterocycles. The van der Waals surface area contributed by atoms with Crippen molar-refractivity contribution in [3.63, 3.8) is 0 Å². The molecule has 1 amide bonds. The standard InChI is InChI=1S/C17H25N3O4/c1-11(17(22)23)10-19(13-3-4-13)16(21)15-9-18-20(12(15)2)14-5-7-24-8-6-14/h9,11,13-14H,3-8,10H2,1-2H3,(H,22,23). The van der Waals surface area contributed by atoms with Gasteiger partial charge in [0, 0.05) is 31.5 Å². The highest BCUT2D eigenvalue weighted by Crippen LogP contribution is 2.30. The first-order valence-electron chi connectivity index (χ1n) is 8.64. The van der Waals surface area contributed by atoms with Gasteiger partial charge in [0.1, 0.15) is 0 Å². The van der Waals surface area contributed by atoms with Crippen LogP contribution in [0.15, 0.2) is 6.20 Å². The molecule has 1 aliphatic carbocycles. The normalized spacial score (nSPS) is 19.9. The number of nitrogens with zero attached hydrogens (tertiary/aromatic N) is 3. The molecule has 1 unspecified atom stereocenters. The predicted molar refractivity (Wildman–Crippen MR) is 86.9 cm³/mol. The minimum atomic E-state index is -0.872. The number of carboxylic acids is 1. The van der Waals surface area contributed by atoms with E-state index < -0.39 is 11.9 Å². The fraction of sp³-hybridized carbons (Fsp3) is 0.706. The van der Waals surface area contributed by atoms with E-state index >= 15 is 0 Å². The SMILES string of the molecule is Cc1c(C(=O)N(CC(C)C(=O)O)C2CC2)cnn1C1CCOCC1. The molecule has 1 atom stereocenters. The van der Waals surface area contributed by atoms with Crippen LogP contribution < -0.4 is 0 Å². The number of hydrogen-bond donors (Lipinski definition) is 1. The zero-order chi connectivity index (χ0) is 17.3. The molecule has 0 bridgehead atoms. The van der Waals surface area contributed by atoms with E-state index in [9.17, 15) is 9.59 Å². The molecule has 1 aromatic heterocycles. The van der Waals surface area contributed by atoms with Crippen LogP contribution in [-0.4, -0.2) is 57.5 Å². The quantitative estimate of drug-likeness (QED) is 0.858. The summed E-state index contributed by atoms with van der Waals surface area (Å²) in [6.45, 7) is 5.25. The number of hydrogen-bond acceptors (Lipinski definition) is 4. The Morgan fingerprint density at radius 3 is 2.62 bits per heavy atom. The maximum absolute atomic E-state index is 13.0. The molecule has 3 rings (SSSR count). The Hall–Kier alpha value is -1.89. The minimum absolute atomic E-state index is 0.0959. The third-order valence-electron chi connectivity index (χ3n) is 4.95. The summed E-state index contributed by atoms with van der Waals surface area (Å²) in [5.74, 6) is -1.54. The van der Waals surface area contributed by atoms with Crippen molar-refractivity contribution in [2.24, 2.45) is 5.92 Å². The van der Waals surface area contributed by atoms with Crippen LogP contribution in [0.25, 0.3) is 0 Å². The number of aromatic nitrogens is 2. The highest BCUT2D eigenvalue weighted by Gasteiger charge is 2.36. The number of ether oxygens (including phenoxy) is 1. The van der Waals surface area contributed by atoms with Gasteiger partial charge < -0.3 is 14.7 Å². The third-order valence-corrected chi connectivity index (χ3v) is 4.95. The second-order valence-electron chi connectivity index (χ2n) is 6.86. The van der Waals surface area contributed by atoms with E-state index in [1.54, 1.807) is 18.0 Å². The molecule has 24 heavy (non-hydrogen) atoms. The molecule has 1 saturated heterocycles. The molecule has 1 saturated carbocycles. The van der Waals surface area contributed by atoms with E-state index in [4.69, 9.17) is 9.84 Å². The third kappa shape index (κ3) is 3.45. The molecule has 7 nitrogen and oxygen atoms in total. The van der Waals surface area contributed by atoms with Gasteiger partial charge in [0.05, 0.1) is 23.7 Å². The maximum Gasteiger partial charge on any atom is 0.308 e. The molecule has 0 aromatic carbocycles. The van der Waals surface area contributed by atoms with Crippen LogP contribution in [-0.2, 0) is 9.53 Å². The smallest absolute Gasteiger partial charge is 0.308 e.